The van der Waals surface area contributed by atoms with E-state index in [0.717, 1.165) is 12.0 Å². The zero-order valence-corrected chi connectivity index (χ0v) is 12.5. The Kier molecular flexibility index (Phi) is 5.49. The van der Waals surface area contributed by atoms with Crippen molar-refractivity contribution < 1.29 is 14.7 Å². The van der Waals surface area contributed by atoms with E-state index in [4.69, 9.17) is 16.7 Å². The van der Waals surface area contributed by atoms with Crippen molar-refractivity contribution in [3.05, 3.63) is 58.9 Å². The molecule has 6 heteroatoms. The highest BCUT2D eigenvalue weighted by atomic mass is 35.5. The number of hydrogen-bond acceptors (Lipinski definition) is 3. The lowest BCUT2D eigenvalue weighted by Gasteiger charge is -2.07. The number of rotatable bonds is 6. The molecule has 0 unspecified atom stereocenters. The fourth-order valence-corrected chi connectivity index (χ4v) is 2.12. The van der Waals surface area contributed by atoms with Gasteiger partial charge in [-0.25, -0.2) is 4.79 Å². The molecule has 0 saturated carbocycles. The average Bonchev–Trinajstić information content (AvgIpc) is 2.49. The second kappa shape index (κ2) is 7.56. The van der Waals surface area contributed by atoms with Crippen molar-refractivity contribution in [3.8, 4) is 0 Å². The quantitative estimate of drug-likeness (QED) is 0.855. The fourth-order valence-electron chi connectivity index (χ4n) is 2.00. The van der Waals surface area contributed by atoms with Gasteiger partial charge in [-0.15, -0.1) is 0 Å². The average molecular weight is 319 g/mol. The third-order valence-corrected chi connectivity index (χ3v) is 3.36. The smallest absolute Gasteiger partial charge is 0.337 e. The van der Waals surface area contributed by atoms with Crippen LogP contribution in [0.3, 0.4) is 0 Å². The van der Waals surface area contributed by atoms with Crippen LogP contribution in [0.15, 0.2) is 42.7 Å². The number of nitrogens with zero attached hydrogens (tertiary/aromatic N) is 1. The van der Waals surface area contributed by atoms with Gasteiger partial charge in [0.15, 0.2) is 0 Å². The number of carbonyl (C=O) groups excluding carboxylic acids is 1. The molecule has 1 amide bonds. The number of carboxylic acid groups (broad SMARTS) is 1. The van der Waals surface area contributed by atoms with Crippen molar-refractivity contribution >= 4 is 29.2 Å². The van der Waals surface area contributed by atoms with Gasteiger partial charge in [0.2, 0.25) is 5.91 Å². The molecule has 0 saturated heterocycles. The molecule has 2 aromatic rings. The fraction of sp³-hybridized carbons (Fsp3) is 0.188. The minimum absolute atomic E-state index is 0.0288. The maximum absolute atomic E-state index is 11.9. The van der Waals surface area contributed by atoms with Gasteiger partial charge in [-0.2, -0.15) is 0 Å². The standard InChI is InChI=1S/C16H15ClN2O3/c17-12-6-4-11(5-7-12)2-1-3-15(20)19-14-10-18-9-8-13(14)16(21)22/h4-10H,1-3H2,(H,19,20)(H,21,22). The van der Waals surface area contributed by atoms with E-state index >= 15 is 0 Å². The first kappa shape index (κ1) is 16.0. The molecule has 0 aliphatic rings. The Morgan fingerprint density at radius 1 is 1.18 bits per heavy atom. The number of anilines is 1. The molecule has 0 radical (unpaired) electrons. The zero-order valence-electron chi connectivity index (χ0n) is 11.8. The first-order valence-electron chi connectivity index (χ1n) is 6.78. The number of aromatic nitrogens is 1. The van der Waals surface area contributed by atoms with Crippen LogP contribution >= 0.6 is 11.6 Å². The summed E-state index contributed by atoms with van der Waals surface area (Å²) in [6.07, 6.45) is 4.43. The largest absolute Gasteiger partial charge is 0.478 e. The predicted octanol–water partition coefficient (Wildman–Crippen LogP) is 3.39. The van der Waals surface area contributed by atoms with Gasteiger partial charge >= 0.3 is 5.97 Å². The minimum Gasteiger partial charge on any atom is -0.478 e. The number of carboxylic acids is 1. The zero-order chi connectivity index (χ0) is 15.9. The molecule has 0 aliphatic heterocycles. The van der Waals surface area contributed by atoms with E-state index in [-0.39, 0.29) is 17.2 Å². The van der Waals surface area contributed by atoms with Crippen molar-refractivity contribution in [2.24, 2.45) is 0 Å². The summed E-state index contributed by atoms with van der Waals surface area (Å²) in [4.78, 5) is 26.7. The molecule has 1 aromatic carbocycles. The first-order valence-corrected chi connectivity index (χ1v) is 7.15. The third-order valence-electron chi connectivity index (χ3n) is 3.11. The molecule has 1 aromatic heterocycles. The van der Waals surface area contributed by atoms with E-state index in [2.05, 4.69) is 10.3 Å². The van der Waals surface area contributed by atoms with Gasteiger partial charge in [-0.05, 0) is 36.6 Å². The second-order valence-electron chi connectivity index (χ2n) is 4.75. The van der Waals surface area contributed by atoms with E-state index in [0.29, 0.717) is 17.9 Å². The molecule has 22 heavy (non-hydrogen) atoms. The number of aryl methyl sites for hydroxylation is 1. The number of benzene rings is 1. The number of halogens is 1. The van der Waals surface area contributed by atoms with Gasteiger partial charge in [0, 0.05) is 17.6 Å². The van der Waals surface area contributed by atoms with Gasteiger partial charge in [0.1, 0.15) is 0 Å². The van der Waals surface area contributed by atoms with E-state index in [1.165, 1.54) is 18.5 Å². The highest BCUT2D eigenvalue weighted by molar-refractivity contribution is 6.30. The van der Waals surface area contributed by atoms with Crippen LogP contribution in [0, 0.1) is 0 Å². The summed E-state index contributed by atoms with van der Waals surface area (Å²) in [7, 11) is 0. The Morgan fingerprint density at radius 2 is 1.91 bits per heavy atom. The van der Waals surface area contributed by atoms with E-state index in [1.54, 1.807) is 0 Å². The summed E-state index contributed by atoms with van der Waals surface area (Å²) in [5.74, 6) is -1.33. The summed E-state index contributed by atoms with van der Waals surface area (Å²) in [5.41, 5.74) is 1.34. The van der Waals surface area contributed by atoms with E-state index in [1.807, 2.05) is 24.3 Å². The Hall–Kier alpha value is -2.40. The van der Waals surface area contributed by atoms with Crippen molar-refractivity contribution in [2.45, 2.75) is 19.3 Å². The molecular formula is C16H15ClN2O3. The third kappa shape index (κ3) is 4.56. The van der Waals surface area contributed by atoms with Crippen LogP contribution in [-0.2, 0) is 11.2 Å². The number of pyridine rings is 1. The van der Waals surface area contributed by atoms with Crippen LogP contribution in [0.1, 0.15) is 28.8 Å². The van der Waals surface area contributed by atoms with Gasteiger partial charge in [0.25, 0.3) is 0 Å². The summed E-state index contributed by atoms with van der Waals surface area (Å²) >= 11 is 5.81. The van der Waals surface area contributed by atoms with Crippen LogP contribution < -0.4 is 5.32 Å². The normalized spacial score (nSPS) is 10.2. The lowest BCUT2D eigenvalue weighted by atomic mass is 10.1. The van der Waals surface area contributed by atoms with Crippen LogP contribution in [0.2, 0.25) is 5.02 Å². The molecular weight excluding hydrogens is 304 g/mol. The Labute approximate surface area is 133 Å². The highest BCUT2D eigenvalue weighted by Gasteiger charge is 2.12. The number of nitrogens with one attached hydrogen (secondary N) is 1. The van der Waals surface area contributed by atoms with Crippen molar-refractivity contribution in [1.82, 2.24) is 4.98 Å². The van der Waals surface area contributed by atoms with Crippen molar-refractivity contribution in [3.63, 3.8) is 0 Å². The van der Waals surface area contributed by atoms with Gasteiger partial charge < -0.3 is 10.4 Å². The van der Waals surface area contributed by atoms with Gasteiger partial charge in [-0.3, -0.25) is 9.78 Å². The number of hydrogen-bond donors (Lipinski definition) is 2. The second-order valence-corrected chi connectivity index (χ2v) is 5.19. The van der Waals surface area contributed by atoms with Crippen LogP contribution in [0.4, 0.5) is 5.69 Å². The summed E-state index contributed by atoms with van der Waals surface area (Å²) in [6, 6.07) is 8.82. The maximum atomic E-state index is 11.9. The molecule has 2 rings (SSSR count). The predicted molar refractivity (Wildman–Crippen MR) is 84.2 cm³/mol. The van der Waals surface area contributed by atoms with Crippen LogP contribution in [-0.4, -0.2) is 22.0 Å². The Balaban J connectivity index is 1.86. The minimum atomic E-state index is -1.10. The highest BCUT2D eigenvalue weighted by Crippen LogP contribution is 2.15. The number of amides is 1. The van der Waals surface area contributed by atoms with Crippen molar-refractivity contribution in [1.29, 1.82) is 0 Å². The lowest BCUT2D eigenvalue weighted by molar-refractivity contribution is -0.116. The molecule has 0 aliphatic carbocycles. The van der Waals surface area contributed by atoms with Gasteiger partial charge in [0.05, 0.1) is 17.4 Å². The molecule has 2 N–H and O–H groups in total. The number of aromatic carboxylic acids is 1. The topological polar surface area (TPSA) is 79.3 Å². The summed E-state index contributed by atoms with van der Waals surface area (Å²) < 4.78 is 0. The molecule has 0 spiro atoms. The monoisotopic (exact) mass is 318 g/mol. The van der Waals surface area contributed by atoms with Crippen LogP contribution in [0.25, 0.3) is 0 Å². The van der Waals surface area contributed by atoms with E-state index in [9.17, 15) is 9.59 Å². The molecule has 114 valence electrons. The maximum Gasteiger partial charge on any atom is 0.337 e. The molecule has 5 nitrogen and oxygen atoms in total. The first-order chi connectivity index (χ1) is 10.6. The number of carbonyl (C=O) groups is 2. The summed E-state index contributed by atoms with van der Waals surface area (Å²) in [6.45, 7) is 0. The SMILES string of the molecule is O=C(CCCc1ccc(Cl)cc1)Nc1cnccc1C(=O)O. The lowest BCUT2D eigenvalue weighted by Crippen LogP contribution is -2.14. The molecule has 1 heterocycles. The molecule has 0 fully saturated rings. The van der Waals surface area contributed by atoms with Crippen LogP contribution in [0.5, 0.6) is 0 Å². The Bertz CT molecular complexity index is 671. The van der Waals surface area contributed by atoms with Gasteiger partial charge in [-0.1, -0.05) is 23.7 Å². The molecule has 0 bridgehead atoms. The Morgan fingerprint density at radius 3 is 2.59 bits per heavy atom. The molecule has 0 atom stereocenters. The van der Waals surface area contributed by atoms with Crippen molar-refractivity contribution in [2.75, 3.05) is 5.32 Å². The van der Waals surface area contributed by atoms with E-state index < -0.39 is 5.97 Å². The summed E-state index contributed by atoms with van der Waals surface area (Å²) in [5, 5.41) is 12.3.